The van der Waals surface area contributed by atoms with E-state index >= 15 is 0 Å². The van der Waals surface area contributed by atoms with Crippen molar-refractivity contribution in [3.05, 3.63) is 48.2 Å². The van der Waals surface area contributed by atoms with Crippen molar-refractivity contribution in [2.75, 3.05) is 6.54 Å². The number of rotatable bonds is 4. The minimum Gasteiger partial charge on any atom is -0.265 e. The van der Waals surface area contributed by atoms with Gasteiger partial charge >= 0.3 is 0 Å². The molecule has 2 N–H and O–H groups in total. The third-order valence-corrected chi connectivity index (χ3v) is 2.08. The molecule has 0 saturated carbocycles. The maximum Gasteiger partial charge on any atom is 0.236 e. The van der Waals surface area contributed by atoms with E-state index in [1.165, 1.54) is 10.8 Å². The van der Waals surface area contributed by atoms with E-state index in [-0.39, 0.29) is 0 Å². The highest BCUT2D eigenvalue weighted by Gasteiger charge is 2.04. The fourth-order valence-corrected chi connectivity index (χ4v) is 1.33. The van der Waals surface area contributed by atoms with Gasteiger partial charge < -0.3 is 0 Å². The summed E-state index contributed by atoms with van der Waals surface area (Å²) < 4.78 is 12.7. The van der Waals surface area contributed by atoms with Gasteiger partial charge in [-0.2, -0.15) is 9.82 Å². The highest BCUT2D eigenvalue weighted by molar-refractivity contribution is 5.85. The van der Waals surface area contributed by atoms with Crippen molar-refractivity contribution in [3.8, 4) is 0 Å². The van der Waals surface area contributed by atoms with Crippen LogP contribution >= 0.6 is 0 Å². The Balaban J connectivity index is 1.75. The van der Waals surface area contributed by atoms with Gasteiger partial charge in [-0.3, -0.25) is 5.43 Å². The van der Waals surface area contributed by atoms with Crippen LogP contribution in [-0.4, -0.2) is 17.7 Å². The zero-order valence-electron chi connectivity index (χ0n) is 8.65. The lowest BCUT2D eigenvalue weighted by atomic mass is 10.2. The fourth-order valence-electron chi connectivity index (χ4n) is 1.33. The Morgan fingerprint density at radius 2 is 2.19 bits per heavy atom. The number of allylic oxidation sites excluding steroid dienone is 1. The molecule has 0 unspecified atom stereocenters. The molecule has 2 rings (SSSR count). The number of nitrogens with zero attached hydrogens (tertiary/aromatic N) is 2. The number of hydrogen-bond donors (Lipinski definition) is 2. The summed E-state index contributed by atoms with van der Waals surface area (Å²) in [5.41, 5.74) is 6.76. The van der Waals surface area contributed by atoms with Crippen molar-refractivity contribution < 1.29 is 4.39 Å². The van der Waals surface area contributed by atoms with Gasteiger partial charge in [0.15, 0.2) is 0 Å². The first kappa shape index (κ1) is 10.6. The second-order valence-corrected chi connectivity index (χ2v) is 3.28. The van der Waals surface area contributed by atoms with Crippen molar-refractivity contribution in [1.29, 1.82) is 0 Å². The quantitative estimate of drug-likeness (QED) is 0.798. The molecule has 1 aromatic rings. The third-order valence-electron chi connectivity index (χ3n) is 2.08. The summed E-state index contributed by atoms with van der Waals surface area (Å²) in [5, 5.41) is 4.76. The second-order valence-electron chi connectivity index (χ2n) is 3.28. The standard InChI is InChI=1S/C11H12FN4/c12-11-7-9-14-16(15-11)13-8-6-10-4-2-1-3-5-10/h1-5,7,13-14H,6,8H2. The molecule has 0 bridgehead atoms. The Morgan fingerprint density at radius 3 is 2.94 bits per heavy atom. The molecule has 1 aliphatic heterocycles. The molecular weight excluding hydrogens is 207 g/mol. The summed E-state index contributed by atoms with van der Waals surface area (Å²) >= 11 is 0. The van der Waals surface area contributed by atoms with Crippen molar-refractivity contribution in [2.24, 2.45) is 5.10 Å². The first-order valence-corrected chi connectivity index (χ1v) is 5.00. The normalized spacial score (nSPS) is 14.6. The van der Waals surface area contributed by atoms with Gasteiger partial charge in [-0.1, -0.05) is 30.3 Å². The molecule has 0 atom stereocenters. The predicted molar refractivity (Wildman–Crippen MR) is 59.5 cm³/mol. The van der Waals surface area contributed by atoms with Crippen LogP contribution in [0, 0.1) is 6.20 Å². The van der Waals surface area contributed by atoms with Crippen LogP contribution < -0.4 is 10.9 Å². The lowest BCUT2D eigenvalue weighted by Gasteiger charge is -2.20. The van der Waals surface area contributed by atoms with Crippen LogP contribution in [-0.2, 0) is 6.42 Å². The zero-order chi connectivity index (χ0) is 11.2. The molecule has 83 valence electrons. The maximum atomic E-state index is 12.7. The van der Waals surface area contributed by atoms with E-state index in [9.17, 15) is 4.39 Å². The van der Waals surface area contributed by atoms with E-state index in [4.69, 9.17) is 0 Å². The number of nitrogens with one attached hydrogen (secondary N) is 2. The van der Waals surface area contributed by atoms with Gasteiger partial charge in [0.25, 0.3) is 0 Å². The molecule has 1 radical (unpaired) electrons. The third kappa shape index (κ3) is 3.06. The molecular formula is C11H12FN4. The molecule has 0 aromatic heterocycles. The summed E-state index contributed by atoms with van der Waals surface area (Å²) in [7, 11) is 0. The van der Waals surface area contributed by atoms with Crippen LogP contribution in [0.15, 0.2) is 41.5 Å². The van der Waals surface area contributed by atoms with Crippen LogP contribution in [0.5, 0.6) is 0 Å². The Labute approximate surface area is 93.4 Å². The predicted octanol–water partition coefficient (Wildman–Crippen LogP) is 1.15. The molecule has 0 amide bonds. The van der Waals surface area contributed by atoms with Gasteiger partial charge in [0.05, 0.1) is 6.20 Å². The zero-order valence-corrected chi connectivity index (χ0v) is 8.65. The molecule has 0 fully saturated rings. The van der Waals surface area contributed by atoms with Crippen molar-refractivity contribution in [1.82, 2.24) is 16.1 Å². The van der Waals surface area contributed by atoms with Gasteiger partial charge in [-0.05, 0) is 12.0 Å². The average molecular weight is 219 g/mol. The minimum atomic E-state index is -0.578. The number of hydrazone groups is 1. The molecule has 1 heterocycles. The first-order chi connectivity index (χ1) is 7.84. The van der Waals surface area contributed by atoms with E-state index in [2.05, 4.69) is 22.2 Å². The number of hydrazine groups is 2. The fraction of sp³-hybridized carbons (Fsp3) is 0.182. The number of hydrogen-bond acceptors (Lipinski definition) is 4. The highest BCUT2D eigenvalue weighted by Crippen LogP contribution is 1.99. The summed E-state index contributed by atoms with van der Waals surface area (Å²) in [4.78, 5) is 0. The molecule has 0 saturated heterocycles. The molecule has 1 aliphatic rings. The van der Waals surface area contributed by atoms with Crippen molar-refractivity contribution in [2.45, 2.75) is 6.42 Å². The molecule has 5 heteroatoms. The average Bonchev–Trinajstić information content (AvgIpc) is 2.30. The van der Waals surface area contributed by atoms with Gasteiger partial charge in [-0.25, -0.2) is 0 Å². The summed E-state index contributed by atoms with van der Waals surface area (Å²) in [6, 6.07) is 10.0. The van der Waals surface area contributed by atoms with Crippen molar-refractivity contribution in [3.63, 3.8) is 0 Å². The van der Waals surface area contributed by atoms with Crippen LogP contribution in [0.2, 0.25) is 0 Å². The van der Waals surface area contributed by atoms with Gasteiger partial charge in [-0.15, -0.1) is 10.3 Å². The second kappa shape index (κ2) is 5.27. The molecule has 0 spiro atoms. The molecule has 4 nitrogen and oxygen atoms in total. The van der Waals surface area contributed by atoms with Crippen LogP contribution in [0.1, 0.15) is 5.56 Å². The molecule has 16 heavy (non-hydrogen) atoms. The smallest absolute Gasteiger partial charge is 0.236 e. The Kier molecular flexibility index (Phi) is 3.50. The van der Waals surface area contributed by atoms with E-state index in [0.717, 1.165) is 12.5 Å². The summed E-state index contributed by atoms with van der Waals surface area (Å²) in [6.07, 6.45) is 4.50. The SMILES string of the molecule is FC1=NN(NCCc2ccccc2)N[C]=C1. The maximum absolute atomic E-state index is 12.7. The monoisotopic (exact) mass is 219 g/mol. The Hall–Kier alpha value is -1.88. The summed E-state index contributed by atoms with van der Waals surface area (Å²) in [5.74, 6) is -0.578. The number of benzene rings is 1. The summed E-state index contributed by atoms with van der Waals surface area (Å²) in [6.45, 7) is 0.662. The Bertz CT molecular complexity index is 388. The van der Waals surface area contributed by atoms with Gasteiger partial charge in [0, 0.05) is 12.6 Å². The van der Waals surface area contributed by atoms with Gasteiger partial charge in [0.2, 0.25) is 5.97 Å². The largest absolute Gasteiger partial charge is 0.265 e. The lowest BCUT2D eigenvalue weighted by Crippen LogP contribution is -2.44. The van der Waals surface area contributed by atoms with Crippen molar-refractivity contribution >= 4 is 5.97 Å². The Morgan fingerprint density at radius 1 is 1.38 bits per heavy atom. The molecule has 0 aliphatic carbocycles. The molecule has 1 aromatic carbocycles. The van der Waals surface area contributed by atoms with Gasteiger partial charge in [0.1, 0.15) is 0 Å². The van der Waals surface area contributed by atoms with E-state index < -0.39 is 5.97 Å². The first-order valence-electron chi connectivity index (χ1n) is 5.00. The van der Waals surface area contributed by atoms with E-state index in [1.54, 1.807) is 0 Å². The van der Waals surface area contributed by atoms with E-state index in [1.807, 2.05) is 30.3 Å². The van der Waals surface area contributed by atoms with Crippen LogP contribution in [0.4, 0.5) is 4.39 Å². The van der Waals surface area contributed by atoms with Crippen LogP contribution in [0.25, 0.3) is 0 Å². The number of halogens is 1. The topological polar surface area (TPSA) is 39.7 Å². The van der Waals surface area contributed by atoms with Crippen LogP contribution in [0.3, 0.4) is 0 Å². The minimum absolute atomic E-state index is 0.578. The van der Waals surface area contributed by atoms with E-state index in [0.29, 0.717) is 6.54 Å². The lowest BCUT2D eigenvalue weighted by molar-refractivity contribution is 0.138. The highest BCUT2D eigenvalue weighted by atomic mass is 19.1.